The van der Waals surface area contributed by atoms with Crippen LogP contribution in [-0.4, -0.2) is 25.6 Å². The molecule has 0 fully saturated rings. The topological polar surface area (TPSA) is 50.8 Å². The Kier molecular flexibility index (Phi) is 5.60. The molecule has 154 valence electrons. The largest absolute Gasteiger partial charge is 0.496 e. The molecule has 1 N–H and O–H groups in total. The molecule has 0 saturated heterocycles. The van der Waals surface area contributed by atoms with Gasteiger partial charge in [-0.05, 0) is 64.5 Å². The van der Waals surface area contributed by atoms with Crippen LogP contribution in [0.1, 0.15) is 38.8 Å². The summed E-state index contributed by atoms with van der Waals surface area (Å²) in [6, 6.07) is 10.2. The number of methoxy groups -OCH3 is 1. The number of amides is 1. The Morgan fingerprint density at radius 2 is 1.93 bits per heavy atom. The minimum Gasteiger partial charge on any atom is -0.496 e. The number of rotatable bonds is 5. The van der Waals surface area contributed by atoms with E-state index in [1.165, 1.54) is 0 Å². The number of hydrogen-bond donors (Lipinski definition) is 1. The van der Waals surface area contributed by atoms with Crippen molar-refractivity contribution >= 4 is 17.3 Å². The van der Waals surface area contributed by atoms with Crippen molar-refractivity contribution in [3.8, 4) is 16.9 Å². The summed E-state index contributed by atoms with van der Waals surface area (Å²) in [6.45, 7) is 10.1. The second kappa shape index (κ2) is 7.82. The van der Waals surface area contributed by atoms with Gasteiger partial charge in [-0.25, -0.2) is 0 Å². The summed E-state index contributed by atoms with van der Waals surface area (Å²) in [5.41, 5.74) is 5.17. The van der Waals surface area contributed by atoms with Crippen LogP contribution in [0.15, 0.2) is 42.2 Å². The highest BCUT2D eigenvalue weighted by molar-refractivity contribution is 6.08. The standard InChI is InChI=1S/C24H30N2O3/c1-8-16(3)29-14-19-17(18-13-15(2)9-12-21(18)28-7)10-11-20-22(19)26(6)23(27)24(4,5)25-20/h8-13,25H,14H2,1-7H3/b16-8-. The molecule has 0 saturated carbocycles. The van der Waals surface area contributed by atoms with E-state index < -0.39 is 5.54 Å². The summed E-state index contributed by atoms with van der Waals surface area (Å²) < 4.78 is 11.6. The minimum absolute atomic E-state index is 0.0161. The van der Waals surface area contributed by atoms with Gasteiger partial charge in [0, 0.05) is 18.2 Å². The van der Waals surface area contributed by atoms with Crippen molar-refractivity contribution in [3.05, 3.63) is 53.3 Å². The number of hydrogen-bond acceptors (Lipinski definition) is 4. The molecule has 29 heavy (non-hydrogen) atoms. The Balaban J connectivity index is 2.25. The van der Waals surface area contributed by atoms with Gasteiger partial charge < -0.3 is 19.7 Å². The highest BCUT2D eigenvalue weighted by Crippen LogP contribution is 2.44. The lowest BCUT2D eigenvalue weighted by Gasteiger charge is -2.39. The summed E-state index contributed by atoms with van der Waals surface area (Å²) >= 11 is 0. The van der Waals surface area contributed by atoms with E-state index in [9.17, 15) is 4.79 Å². The van der Waals surface area contributed by atoms with E-state index in [-0.39, 0.29) is 5.91 Å². The van der Waals surface area contributed by atoms with Gasteiger partial charge in [-0.2, -0.15) is 0 Å². The zero-order valence-electron chi connectivity index (χ0n) is 18.3. The Hall–Kier alpha value is -2.95. The van der Waals surface area contributed by atoms with E-state index >= 15 is 0 Å². The lowest BCUT2D eigenvalue weighted by atomic mass is 9.91. The molecule has 1 heterocycles. The molecule has 0 radical (unpaired) electrons. The maximum Gasteiger partial charge on any atom is 0.251 e. The summed E-state index contributed by atoms with van der Waals surface area (Å²) in [6.07, 6.45) is 1.93. The number of nitrogens with one attached hydrogen (secondary N) is 1. The van der Waals surface area contributed by atoms with Crippen LogP contribution in [-0.2, 0) is 16.1 Å². The number of carbonyl (C=O) groups is 1. The molecule has 1 aliphatic rings. The fourth-order valence-corrected chi connectivity index (χ4v) is 3.73. The number of aryl methyl sites for hydroxylation is 1. The number of carbonyl (C=O) groups excluding carboxylic acids is 1. The molecule has 3 rings (SSSR count). The van der Waals surface area contributed by atoms with Crippen LogP contribution in [0.4, 0.5) is 11.4 Å². The normalized spacial score (nSPS) is 15.6. The molecule has 0 aliphatic carbocycles. The van der Waals surface area contributed by atoms with Gasteiger partial charge in [0.15, 0.2) is 0 Å². The number of nitrogens with zero attached hydrogens (tertiary/aromatic N) is 1. The molecule has 1 aliphatic heterocycles. The van der Waals surface area contributed by atoms with Crippen LogP contribution < -0.4 is 15.0 Å². The lowest BCUT2D eigenvalue weighted by Crippen LogP contribution is -2.52. The SMILES string of the molecule is C/C=C(/C)OCc1c(-c2cc(C)ccc2OC)ccc2c1N(C)C(=O)C(C)(C)N2. The quantitative estimate of drug-likeness (QED) is 0.701. The van der Waals surface area contributed by atoms with E-state index in [1.807, 2.05) is 59.0 Å². The summed E-state index contributed by atoms with van der Waals surface area (Å²) in [7, 11) is 3.50. The number of likely N-dealkylation sites (N-methyl/N-ethyl adjacent to an activating group) is 1. The third kappa shape index (κ3) is 3.82. The van der Waals surface area contributed by atoms with Crippen molar-refractivity contribution in [3.63, 3.8) is 0 Å². The van der Waals surface area contributed by atoms with Crippen molar-refractivity contribution in [1.82, 2.24) is 0 Å². The first-order valence-corrected chi connectivity index (χ1v) is 9.82. The Morgan fingerprint density at radius 1 is 1.21 bits per heavy atom. The zero-order valence-corrected chi connectivity index (χ0v) is 18.3. The third-order valence-corrected chi connectivity index (χ3v) is 5.40. The summed E-state index contributed by atoms with van der Waals surface area (Å²) in [5, 5.41) is 3.38. The van der Waals surface area contributed by atoms with Crippen LogP contribution >= 0.6 is 0 Å². The lowest BCUT2D eigenvalue weighted by molar-refractivity contribution is -0.121. The maximum absolute atomic E-state index is 13.0. The van der Waals surface area contributed by atoms with E-state index in [1.54, 1.807) is 12.0 Å². The highest BCUT2D eigenvalue weighted by Gasteiger charge is 2.38. The number of fused-ring (bicyclic) bond motifs is 1. The van der Waals surface area contributed by atoms with Gasteiger partial charge in [-0.1, -0.05) is 17.7 Å². The van der Waals surface area contributed by atoms with Gasteiger partial charge in [-0.3, -0.25) is 4.79 Å². The fraction of sp³-hybridized carbons (Fsp3) is 0.375. The second-order valence-corrected chi connectivity index (χ2v) is 7.99. The molecule has 2 aromatic carbocycles. The summed E-state index contributed by atoms with van der Waals surface area (Å²) in [5.74, 6) is 1.64. The van der Waals surface area contributed by atoms with Crippen molar-refractivity contribution in [2.24, 2.45) is 0 Å². The molecular weight excluding hydrogens is 364 g/mol. The smallest absolute Gasteiger partial charge is 0.251 e. The average Bonchev–Trinajstić information content (AvgIpc) is 2.69. The molecule has 0 spiro atoms. The van der Waals surface area contributed by atoms with Crippen molar-refractivity contribution in [1.29, 1.82) is 0 Å². The first-order chi connectivity index (χ1) is 13.7. The second-order valence-electron chi connectivity index (χ2n) is 7.99. The van der Waals surface area contributed by atoms with Gasteiger partial charge in [0.2, 0.25) is 0 Å². The number of allylic oxidation sites excluding steroid dienone is 2. The van der Waals surface area contributed by atoms with Gasteiger partial charge in [0.25, 0.3) is 5.91 Å². The number of ether oxygens (including phenoxy) is 2. The Labute approximate surface area is 173 Å². The van der Waals surface area contributed by atoms with Crippen molar-refractivity contribution in [2.75, 3.05) is 24.4 Å². The zero-order chi connectivity index (χ0) is 21.3. The predicted octanol–water partition coefficient (Wildman–Crippen LogP) is 5.28. The van der Waals surface area contributed by atoms with Crippen LogP contribution in [0.3, 0.4) is 0 Å². The van der Waals surface area contributed by atoms with Crippen LogP contribution in [0.25, 0.3) is 11.1 Å². The van der Waals surface area contributed by atoms with E-state index in [0.29, 0.717) is 6.61 Å². The molecule has 5 heteroatoms. The average molecular weight is 395 g/mol. The molecule has 0 aromatic heterocycles. The molecule has 0 unspecified atom stereocenters. The van der Waals surface area contributed by atoms with E-state index in [2.05, 4.69) is 24.4 Å². The molecule has 5 nitrogen and oxygen atoms in total. The predicted molar refractivity (Wildman–Crippen MR) is 118 cm³/mol. The molecule has 2 aromatic rings. The van der Waals surface area contributed by atoms with Crippen LogP contribution in [0.5, 0.6) is 5.75 Å². The Morgan fingerprint density at radius 3 is 2.59 bits per heavy atom. The Bertz CT molecular complexity index is 976. The minimum atomic E-state index is -0.665. The molecular formula is C24H30N2O3. The fourth-order valence-electron chi connectivity index (χ4n) is 3.73. The molecule has 1 amide bonds. The van der Waals surface area contributed by atoms with Gasteiger partial charge >= 0.3 is 0 Å². The maximum atomic E-state index is 13.0. The van der Waals surface area contributed by atoms with Crippen LogP contribution in [0, 0.1) is 6.92 Å². The number of anilines is 2. The monoisotopic (exact) mass is 394 g/mol. The van der Waals surface area contributed by atoms with Crippen molar-refractivity contribution < 1.29 is 14.3 Å². The summed E-state index contributed by atoms with van der Waals surface area (Å²) in [4.78, 5) is 14.7. The van der Waals surface area contributed by atoms with Crippen LogP contribution in [0.2, 0.25) is 0 Å². The van der Waals surface area contributed by atoms with E-state index in [4.69, 9.17) is 9.47 Å². The van der Waals surface area contributed by atoms with Gasteiger partial charge in [0.1, 0.15) is 17.9 Å². The van der Waals surface area contributed by atoms with Gasteiger partial charge in [-0.15, -0.1) is 0 Å². The first kappa shape index (κ1) is 20.8. The first-order valence-electron chi connectivity index (χ1n) is 9.82. The van der Waals surface area contributed by atoms with Crippen molar-refractivity contribution in [2.45, 2.75) is 46.8 Å². The number of benzene rings is 2. The highest BCUT2D eigenvalue weighted by atomic mass is 16.5. The molecule has 0 bridgehead atoms. The molecule has 0 atom stereocenters. The van der Waals surface area contributed by atoms with Gasteiger partial charge in [0.05, 0.1) is 24.2 Å². The van der Waals surface area contributed by atoms with E-state index in [0.717, 1.165) is 45.1 Å². The third-order valence-electron chi connectivity index (χ3n) is 5.40.